The van der Waals surface area contributed by atoms with E-state index in [2.05, 4.69) is 17.6 Å². The lowest BCUT2D eigenvalue weighted by molar-refractivity contribution is -0.124. The molecule has 0 radical (unpaired) electrons. The first-order chi connectivity index (χ1) is 14.0. The second-order valence-electron chi connectivity index (χ2n) is 6.96. The number of amides is 2. The molecule has 0 spiro atoms. The lowest BCUT2D eigenvalue weighted by Crippen LogP contribution is -2.33. The second kappa shape index (κ2) is 16.5. The van der Waals surface area contributed by atoms with Crippen LogP contribution in [0.5, 0.6) is 0 Å². The quantitative estimate of drug-likeness (QED) is 0.383. The Labute approximate surface area is 178 Å². The highest BCUT2D eigenvalue weighted by Gasteiger charge is 2.23. The van der Waals surface area contributed by atoms with E-state index in [9.17, 15) is 14.4 Å². The van der Waals surface area contributed by atoms with E-state index in [4.69, 9.17) is 14.2 Å². The molecule has 0 heterocycles. The number of nitrogens with one attached hydrogen (secondary N) is 2. The predicted molar refractivity (Wildman–Crippen MR) is 113 cm³/mol. The molecule has 0 bridgehead atoms. The maximum absolute atomic E-state index is 11.8. The molecule has 2 amide bonds. The first kappa shape index (κ1) is 25.7. The Balaban J connectivity index is 1.86. The van der Waals surface area contributed by atoms with Gasteiger partial charge in [0.15, 0.2) is 0 Å². The van der Waals surface area contributed by atoms with Crippen LogP contribution in [0.4, 0.5) is 4.79 Å². The molecule has 2 N–H and O–H groups in total. The van der Waals surface area contributed by atoms with Crippen LogP contribution in [0.3, 0.4) is 0 Å². The maximum atomic E-state index is 11.8. The zero-order chi connectivity index (χ0) is 21.3. The fourth-order valence-corrected chi connectivity index (χ4v) is 4.01. The summed E-state index contributed by atoms with van der Waals surface area (Å²) in [4.78, 5) is 34.0. The summed E-state index contributed by atoms with van der Waals surface area (Å²) in [5.41, 5.74) is 0. The Kier molecular flexibility index (Phi) is 14.6. The van der Waals surface area contributed by atoms with Crippen LogP contribution in [0.1, 0.15) is 52.4 Å². The second-order valence-corrected chi connectivity index (χ2v) is 8.54. The highest BCUT2D eigenvalue weighted by Crippen LogP contribution is 2.29. The third kappa shape index (κ3) is 14.3. The lowest BCUT2D eigenvalue weighted by Gasteiger charge is -2.27. The van der Waals surface area contributed by atoms with Crippen molar-refractivity contribution < 1.29 is 28.6 Å². The number of Topliss-reactive ketones (excluding diaryl/α,β-unsaturated/α-hetero) is 1. The molecule has 29 heavy (non-hydrogen) atoms. The van der Waals surface area contributed by atoms with Gasteiger partial charge in [-0.2, -0.15) is 11.8 Å². The van der Waals surface area contributed by atoms with Crippen molar-refractivity contribution in [1.82, 2.24) is 10.6 Å². The van der Waals surface area contributed by atoms with E-state index in [1.54, 1.807) is 0 Å². The van der Waals surface area contributed by atoms with Crippen molar-refractivity contribution in [3.05, 3.63) is 0 Å². The summed E-state index contributed by atoms with van der Waals surface area (Å²) in [6.45, 7) is 6.04. The van der Waals surface area contributed by atoms with Crippen LogP contribution >= 0.6 is 11.8 Å². The monoisotopic (exact) mass is 432 g/mol. The summed E-state index contributed by atoms with van der Waals surface area (Å²) in [6.07, 6.45) is 4.24. The van der Waals surface area contributed by atoms with Crippen molar-refractivity contribution in [1.29, 1.82) is 0 Å². The van der Waals surface area contributed by atoms with E-state index in [1.165, 1.54) is 6.92 Å². The van der Waals surface area contributed by atoms with Gasteiger partial charge in [0.2, 0.25) is 5.91 Å². The zero-order valence-corrected chi connectivity index (χ0v) is 18.5. The smallest absolute Gasteiger partial charge is 0.407 e. The zero-order valence-electron chi connectivity index (χ0n) is 17.7. The van der Waals surface area contributed by atoms with Crippen molar-refractivity contribution in [2.45, 2.75) is 63.7 Å². The molecule has 0 atom stereocenters. The molecule has 1 aliphatic carbocycles. The topological polar surface area (TPSA) is 103 Å². The molecule has 0 saturated heterocycles. The SMILES string of the molecule is CCSC1CCC(OC(=O)NCCOCCOCCNC(=O)CCC(C)=O)CC1. The van der Waals surface area contributed by atoms with Gasteiger partial charge >= 0.3 is 6.09 Å². The van der Waals surface area contributed by atoms with Gasteiger partial charge in [0, 0.05) is 31.2 Å². The molecule has 1 fully saturated rings. The van der Waals surface area contributed by atoms with E-state index < -0.39 is 0 Å². The first-order valence-corrected chi connectivity index (χ1v) is 11.5. The minimum atomic E-state index is -0.378. The molecule has 168 valence electrons. The molecule has 0 aromatic carbocycles. The normalized spacial score (nSPS) is 18.8. The molecule has 0 aromatic rings. The predicted octanol–water partition coefficient (Wildman–Crippen LogP) is 2.30. The number of thioether (sulfide) groups is 1. The van der Waals surface area contributed by atoms with Crippen LogP contribution in [0, 0.1) is 0 Å². The Hall–Kier alpha value is -1.32. The Morgan fingerprint density at radius 3 is 2.10 bits per heavy atom. The van der Waals surface area contributed by atoms with Gasteiger partial charge in [-0.15, -0.1) is 0 Å². The standard InChI is InChI=1S/C20H36N2O6S/c1-3-29-18-7-5-17(6-8-18)28-20(25)22-11-13-27-15-14-26-12-10-21-19(24)9-4-16(2)23/h17-18H,3-15H2,1-2H3,(H,21,24)(H,22,25). The number of rotatable bonds is 15. The first-order valence-electron chi connectivity index (χ1n) is 10.5. The molecular weight excluding hydrogens is 396 g/mol. The molecule has 0 unspecified atom stereocenters. The van der Waals surface area contributed by atoms with Crippen LogP contribution in [0.15, 0.2) is 0 Å². The number of alkyl carbamates (subject to hydrolysis) is 1. The number of ether oxygens (including phenoxy) is 3. The highest BCUT2D eigenvalue weighted by atomic mass is 32.2. The van der Waals surface area contributed by atoms with Crippen molar-refractivity contribution >= 4 is 29.5 Å². The summed E-state index contributed by atoms with van der Waals surface area (Å²) >= 11 is 1.99. The summed E-state index contributed by atoms with van der Waals surface area (Å²) in [5.74, 6) is 0.997. The van der Waals surface area contributed by atoms with Crippen LogP contribution in [-0.4, -0.2) is 74.4 Å². The van der Waals surface area contributed by atoms with Gasteiger partial charge in [-0.05, 0) is 38.4 Å². The van der Waals surface area contributed by atoms with Crippen LogP contribution in [0.2, 0.25) is 0 Å². The fraction of sp³-hybridized carbons (Fsp3) is 0.850. The fourth-order valence-electron chi connectivity index (χ4n) is 2.93. The third-order valence-electron chi connectivity index (χ3n) is 4.46. The highest BCUT2D eigenvalue weighted by molar-refractivity contribution is 7.99. The summed E-state index contributed by atoms with van der Waals surface area (Å²) in [5, 5.41) is 6.10. The van der Waals surface area contributed by atoms with Gasteiger partial charge in [-0.3, -0.25) is 4.79 Å². The number of carbonyl (C=O) groups is 3. The van der Waals surface area contributed by atoms with Crippen molar-refractivity contribution in [3.63, 3.8) is 0 Å². The van der Waals surface area contributed by atoms with E-state index in [1.807, 2.05) is 11.8 Å². The van der Waals surface area contributed by atoms with Crippen LogP contribution < -0.4 is 10.6 Å². The van der Waals surface area contributed by atoms with E-state index >= 15 is 0 Å². The van der Waals surface area contributed by atoms with Crippen LogP contribution in [-0.2, 0) is 23.8 Å². The largest absolute Gasteiger partial charge is 0.446 e. The van der Waals surface area contributed by atoms with Crippen molar-refractivity contribution in [2.24, 2.45) is 0 Å². The van der Waals surface area contributed by atoms with Gasteiger partial charge in [0.25, 0.3) is 0 Å². The molecule has 9 heteroatoms. The van der Waals surface area contributed by atoms with Gasteiger partial charge in [0.1, 0.15) is 11.9 Å². The average molecular weight is 433 g/mol. The Morgan fingerprint density at radius 1 is 0.897 bits per heavy atom. The van der Waals surface area contributed by atoms with Gasteiger partial charge < -0.3 is 29.6 Å². The molecule has 1 aliphatic rings. The Bertz CT molecular complexity index is 484. The average Bonchev–Trinajstić information content (AvgIpc) is 2.69. The van der Waals surface area contributed by atoms with Crippen molar-refractivity contribution in [2.75, 3.05) is 45.3 Å². The summed E-state index contributed by atoms with van der Waals surface area (Å²) in [6, 6.07) is 0. The van der Waals surface area contributed by atoms with E-state index in [0.29, 0.717) is 44.8 Å². The molecule has 0 aromatic heterocycles. The summed E-state index contributed by atoms with van der Waals surface area (Å²) < 4.78 is 16.2. The molecule has 8 nitrogen and oxygen atoms in total. The minimum absolute atomic E-state index is 0.00465. The maximum Gasteiger partial charge on any atom is 0.407 e. The molecule has 0 aliphatic heterocycles. The molecule has 1 rings (SSSR count). The number of hydrogen-bond acceptors (Lipinski definition) is 7. The van der Waals surface area contributed by atoms with Gasteiger partial charge in [-0.25, -0.2) is 4.79 Å². The number of carbonyl (C=O) groups excluding carboxylic acids is 3. The van der Waals surface area contributed by atoms with E-state index in [0.717, 1.165) is 31.4 Å². The van der Waals surface area contributed by atoms with Gasteiger partial charge in [-0.1, -0.05) is 6.92 Å². The Morgan fingerprint density at radius 2 is 1.52 bits per heavy atom. The summed E-state index contributed by atoms with van der Waals surface area (Å²) in [7, 11) is 0. The van der Waals surface area contributed by atoms with E-state index in [-0.39, 0.29) is 36.7 Å². The van der Waals surface area contributed by atoms with Crippen molar-refractivity contribution in [3.8, 4) is 0 Å². The molecule has 1 saturated carbocycles. The number of ketones is 1. The molecular formula is C20H36N2O6S. The van der Waals surface area contributed by atoms with Gasteiger partial charge in [0.05, 0.1) is 26.4 Å². The van der Waals surface area contributed by atoms with Crippen LogP contribution in [0.25, 0.3) is 0 Å². The third-order valence-corrected chi connectivity index (χ3v) is 5.73. The minimum Gasteiger partial charge on any atom is -0.446 e. The number of hydrogen-bond donors (Lipinski definition) is 2. The lowest BCUT2D eigenvalue weighted by atomic mass is 9.97.